The monoisotopic (exact) mass is 242 g/mol. The number of amides is 1. The number of carbonyl (C=O) groups is 1. The van der Waals surface area contributed by atoms with Crippen molar-refractivity contribution in [3.05, 3.63) is 0 Å². The van der Waals surface area contributed by atoms with Crippen LogP contribution >= 0.6 is 0 Å². The van der Waals surface area contributed by atoms with E-state index in [2.05, 4.69) is 19.2 Å². The molecule has 4 nitrogen and oxygen atoms in total. The van der Waals surface area contributed by atoms with Gasteiger partial charge in [-0.25, -0.2) is 0 Å². The molecule has 100 valence electrons. The first-order valence-corrected chi connectivity index (χ1v) is 6.51. The van der Waals surface area contributed by atoms with E-state index in [4.69, 9.17) is 5.73 Å². The molecule has 0 heterocycles. The Morgan fingerprint density at radius 3 is 2.65 bits per heavy atom. The van der Waals surface area contributed by atoms with Crippen molar-refractivity contribution in [2.24, 2.45) is 17.1 Å². The van der Waals surface area contributed by atoms with Crippen LogP contribution in [-0.4, -0.2) is 29.7 Å². The summed E-state index contributed by atoms with van der Waals surface area (Å²) < 4.78 is 0. The molecule has 1 amide bonds. The fourth-order valence-electron chi connectivity index (χ4n) is 2.60. The van der Waals surface area contributed by atoms with E-state index in [0.29, 0.717) is 13.0 Å². The lowest BCUT2D eigenvalue weighted by atomic mass is 9.87. The van der Waals surface area contributed by atoms with Crippen LogP contribution in [-0.2, 0) is 4.79 Å². The molecule has 0 aromatic rings. The summed E-state index contributed by atoms with van der Waals surface area (Å²) in [6, 6.07) is 0.191. The molecule has 0 aromatic carbocycles. The highest BCUT2D eigenvalue weighted by molar-refractivity contribution is 5.79. The number of aliphatic hydroxyl groups excluding tert-OH is 1. The summed E-state index contributed by atoms with van der Waals surface area (Å²) in [5, 5.41) is 12.4. The Hall–Kier alpha value is -0.610. The van der Waals surface area contributed by atoms with Gasteiger partial charge in [0, 0.05) is 18.5 Å². The molecule has 1 aliphatic carbocycles. The van der Waals surface area contributed by atoms with Gasteiger partial charge in [-0.2, -0.15) is 0 Å². The highest BCUT2D eigenvalue weighted by Crippen LogP contribution is 2.25. The van der Waals surface area contributed by atoms with Gasteiger partial charge in [-0.3, -0.25) is 4.79 Å². The minimum Gasteiger partial charge on any atom is -0.393 e. The molecule has 0 spiro atoms. The number of aliphatic hydroxyl groups is 1. The summed E-state index contributed by atoms with van der Waals surface area (Å²) in [5.41, 5.74) is 5.73. The molecule has 0 saturated heterocycles. The van der Waals surface area contributed by atoms with Crippen LogP contribution in [0.15, 0.2) is 0 Å². The third-order valence-electron chi connectivity index (χ3n) is 3.43. The maximum absolute atomic E-state index is 11.9. The Kier molecular flexibility index (Phi) is 4.95. The molecule has 4 N–H and O–H groups in total. The second-order valence-corrected chi connectivity index (χ2v) is 6.21. The van der Waals surface area contributed by atoms with E-state index >= 15 is 0 Å². The van der Waals surface area contributed by atoms with Gasteiger partial charge in [0.2, 0.25) is 5.91 Å². The normalized spacial score (nSPS) is 26.9. The van der Waals surface area contributed by atoms with Crippen LogP contribution in [0.5, 0.6) is 0 Å². The molecular weight excluding hydrogens is 216 g/mol. The summed E-state index contributed by atoms with van der Waals surface area (Å²) in [6.45, 7) is 6.50. The predicted molar refractivity (Wildman–Crippen MR) is 68.4 cm³/mol. The summed E-state index contributed by atoms with van der Waals surface area (Å²) in [5.74, 6) is 0.212. The SMILES string of the molecule is CC(O)CC(C)(C)CNC(=O)C1CCC(N)C1. The van der Waals surface area contributed by atoms with Gasteiger partial charge in [-0.05, 0) is 38.0 Å². The number of nitrogens with one attached hydrogen (secondary N) is 1. The molecular formula is C13H26N2O2. The number of hydrogen-bond acceptors (Lipinski definition) is 3. The molecule has 3 atom stereocenters. The fraction of sp³-hybridized carbons (Fsp3) is 0.923. The second-order valence-electron chi connectivity index (χ2n) is 6.21. The second kappa shape index (κ2) is 5.83. The average Bonchev–Trinajstić information content (AvgIpc) is 2.59. The van der Waals surface area contributed by atoms with E-state index in [9.17, 15) is 9.90 Å². The zero-order valence-electron chi connectivity index (χ0n) is 11.2. The van der Waals surface area contributed by atoms with Gasteiger partial charge < -0.3 is 16.2 Å². The van der Waals surface area contributed by atoms with E-state index in [-0.39, 0.29) is 29.4 Å². The van der Waals surface area contributed by atoms with Crippen LogP contribution in [0, 0.1) is 11.3 Å². The first-order valence-electron chi connectivity index (χ1n) is 6.51. The van der Waals surface area contributed by atoms with Gasteiger partial charge >= 0.3 is 0 Å². The zero-order chi connectivity index (χ0) is 13.1. The third-order valence-corrected chi connectivity index (χ3v) is 3.43. The molecule has 1 aliphatic rings. The van der Waals surface area contributed by atoms with Crippen molar-refractivity contribution in [1.29, 1.82) is 0 Å². The van der Waals surface area contributed by atoms with Crippen LogP contribution in [0.25, 0.3) is 0 Å². The Labute approximate surface area is 104 Å². The van der Waals surface area contributed by atoms with Crippen molar-refractivity contribution in [1.82, 2.24) is 5.32 Å². The van der Waals surface area contributed by atoms with E-state index in [1.54, 1.807) is 6.92 Å². The van der Waals surface area contributed by atoms with Crippen LogP contribution < -0.4 is 11.1 Å². The number of carbonyl (C=O) groups excluding carboxylic acids is 1. The van der Waals surface area contributed by atoms with E-state index < -0.39 is 0 Å². The van der Waals surface area contributed by atoms with E-state index in [1.807, 2.05) is 0 Å². The highest BCUT2D eigenvalue weighted by atomic mass is 16.3. The lowest BCUT2D eigenvalue weighted by molar-refractivity contribution is -0.125. The molecule has 1 saturated carbocycles. The van der Waals surface area contributed by atoms with Crippen LogP contribution in [0.1, 0.15) is 46.5 Å². The van der Waals surface area contributed by atoms with Crippen LogP contribution in [0.3, 0.4) is 0 Å². The zero-order valence-corrected chi connectivity index (χ0v) is 11.2. The summed E-state index contributed by atoms with van der Waals surface area (Å²) >= 11 is 0. The smallest absolute Gasteiger partial charge is 0.223 e. The summed E-state index contributed by atoms with van der Waals surface area (Å²) in [6.07, 6.45) is 3.03. The minimum absolute atomic E-state index is 0.0649. The first-order chi connectivity index (χ1) is 7.80. The van der Waals surface area contributed by atoms with Crippen molar-refractivity contribution in [3.63, 3.8) is 0 Å². The largest absolute Gasteiger partial charge is 0.393 e. The predicted octanol–water partition coefficient (Wildman–Crippen LogP) is 1.03. The Bertz CT molecular complexity index is 264. The molecule has 17 heavy (non-hydrogen) atoms. The Balaban J connectivity index is 2.32. The van der Waals surface area contributed by atoms with Crippen molar-refractivity contribution in [2.45, 2.75) is 58.6 Å². The third kappa shape index (κ3) is 5.04. The van der Waals surface area contributed by atoms with Gasteiger partial charge in [0.1, 0.15) is 0 Å². The maximum Gasteiger partial charge on any atom is 0.223 e. The van der Waals surface area contributed by atoms with Gasteiger partial charge in [-0.15, -0.1) is 0 Å². The average molecular weight is 242 g/mol. The molecule has 1 rings (SSSR count). The maximum atomic E-state index is 11.9. The standard InChI is InChI=1S/C13H26N2O2/c1-9(16)7-13(2,3)8-15-12(17)10-4-5-11(14)6-10/h9-11,16H,4-8,14H2,1-3H3,(H,15,17). The molecule has 0 aliphatic heterocycles. The highest BCUT2D eigenvalue weighted by Gasteiger charge is 2.29. The van der Waals surface area contributed by atoms with Gasteiger partial charge in [0.25, 0.3) is 0 Å². The van der Waals surface area contributed by atoms with Crippen LogP contribution in [0.2, 0.25) is 0 Å². The number of rotatable bonds is 5. The summed E-state index contributed by atoms with van der Waals surface area (Å²) in [4.78, 5) is 11.9. The lowest BCUT2D eigenvalue weighted by Gasteiger charge is -2.27. The first kappa shape index (κ1) is 14.5. The van der Waals surface area contributed by atoms with Gasteiger partial charge in [0.15, 0.2) is 0 Å². The molecule has 4 heteroatoms. The fourth-order valence-corrected chi connectivity index (χ4v) is 2.60. The molecule has 0 bridgehead atoms. The molecule has 3 unspecified atom stereocenters. The lowest BCUT2D eigenvalue weighted by Crippen LogP contribution is -2.38. The quantitative estimate of drug-likeness (QED) is 0.674. The molecule has 1 fully saturated rings. The van der Waals surface area contributed by atoms with E-state index in [1.165, 1.54) is 0 Å². The Morgan fingerprint density at radius 2 is 2.18 bits per heavy atom. The Morgan fingerprint density at radius 1 is 1.53 bits per heavy atom. The molecule has 0 aromatic heterocycles. The van der Waals surface area contributed by atoms with Crippen molar-refractivity contribution < 1.29 is 9.90 Å². The van der Waals surface area contributed by atoms with Crippen LogP contribution in [0.4, 0.5) is 0 Å². The van der Waals surface area contributed by atoms with Crippen molar-refractivity contribution in [3.8, 4) is 0 Å². The van der Waals surface area contributed by atoms with E-state index in [0.717, 1.165) is 19.3 Å². The van der Waals surface area contributed by atoms with Gasteiger partial charge in [-0.1, -0.05) is 13.8 Å². The topological polar surface area (TPSA) is 75.3 Å². The number of hydrogen-bond donors (Lipinski definition) is 3. The summed E-state index contributed by atoms with van der Waals surface area (Å²) in [7, 11) is 0. The van der Waals surface area contributed by atoms with Crippen molar-refractivity contribution >= 4 is 5.91 Å². The minimum atomic E-state index is -0.332. The number of nitrogens with two attached hydrogens (primary N) is 1. The van der Waals surface area contributed by atoms with Gasteiger partial charge in [0.05, 0.1) is 6.10 Å². The van der Waals surface area contributed by atoms with Crippen molar-refractivity contribution in [2.75, 3.05) is 6.54 Å². The molecule has 0 radical (unpaired) electrons.